The minimum Gasteiger partial charge on any atom is -0.344 e. The van der Waals surface area contributed by atoms with Crippen LogP contribution in [0.15, 0.2) is 0 Å². The number of ether oxygens (including phenoxy) is 4. The van der Waals surface area contributed by atoms with Crippen LogP contribution in [0.4, 0.5) is 0 Å². The minimum atomic E-state index is -0.445. The molecule has 3 heterocycles. The predicted molar refractivity (Wildman–Crippen MR) is 100 cm³/mol. The van der Waals surface area contributed by atoms with Crippen molar-refractivity contribution in [1.82, 2.24) is 0 Å². The molecule has 0 aromatic carbocycles. The van der Waals surface area contributed by atoms with Crippen LogP contribution in [0.25, 0.3) is 0 Å². The van der Waals surface area contributed by atoms with E-state index in [2.05, 4.69) is 55.1 Å². The molecule has 0 aromatic heterocycles. The van der Waals surface area contributed by atoms with Crippen molar-refractivity contribution in [1.29, 1.82) is 0 Å². The van der Waals surface area contributed by atoms with Gasteiger partial charge in [0.1, 0.15) is 0 Å². The van der Waals surface area contributed by atoms with Gasteiger partial charge in [-0.2, -0.15) is 0 Å². The van der Waals surface area contributed by atoms with Crippen molar-refractivity contribution in [3.05, 3.63) is 0 Å². The van der Waals surface area contributed by atoms with Crippen molar-refractivity contribution in [2.75, 3.05) is 6.66 Å². The Hall–Kier alpha value is 0.270. The van der Waals surface area contributed by atoms with E-state index >= 15 is 0 Å². The van der Waals surface area contributed by atoms with E-state index in [-0.39, 0.29) is 32.3 Å². The smallest absolute Gasteiger partial charge is 0.163 e. The zero-order valence-electron chi connectivity index (χ0n) is 17.0. The number of rotatable bonds is 2. The molecule has 10 atom stereocenters. The van der Waals surface area contributed by atoms with Gasteiger partial charge in [-0.1, -0.05) is 28.7 Å². The van der Waals surface area contributed by atoms with Gasteiger partial charge in [-0.3, -0.25) is 0 Å². The molecule has 3 aliphatic heterocycles. The lowest BCUT2D eigenvalue weighted by atomic mass is 9.86. The summed E-state index contributed by atoms with van der Waals surface area (Å²) >= 11 is 0. The van der Waals surface area contributed by atoms with Crippen LogP contribution in [0, 0.1) is 17.8 Å². The Kier molecular flexibility index (Phi) is 4.38. The molecule has 5 heteroatoms. The molecule has 3 saturated heterocycles. The highest BCUT2D eigenvalue weighted by atomic mass is 31.1. The molecule has 4 nitrogen and oxygen atoms in total. The molecule has 2 unspecified atom stereocenters. The Morgan fingerprint density at radius 2 is 1.24 bits per heavy atom. The standard InChI is InChI=1S/C20H35O4P/c1-10-11(2)15-17(23-19(4,5)21-15)13(10)9-14-18-16(12(3)25(14)8)22-20(6,7)24-18/h10-18H,9H2,1-8H3/t10?,11-,12+,13-,14+,15-,16-,17-,18-,25?/m1/s1. The molecule has 0 spiro atoms. The lowest BCUT2D eigenvalue weighted by molar-refractivity contribution is -0.166. The van der Waals surface area contributed by atoms with Crippen LogP contribution in [0.1, 0.15) is 54.9 Å². The maximum absolute atomic E-state index is 6.37. The summed E-state index contributed by atoms with van der Waals surface area (Å²) in [5.74, 6) is 0.838. The van der Waals surface area contributed by atoms with Crippen LogP contribution in [0.3, 0.4) is 0 Å². The highest BCUT2D eigenvalue weighted by Crippen LogP contribution is 2.61. The fraction of sp³-hybridized carbons (Fsp3) is 1.00. The van der Waals surface area contributed by atoms with Gasteiger partial charge < -0.3 is 18.9 Å². The molecular weight excluding hydrogens is 335 g/mol. The van der Waals surface area contributed by atoms with Gasteiger partial charge in [0.2, 0.25) is 0 Å². The summed E-state index contributed by atoms with van der Waals surface area (Å²) in [6.45, 7) is 17.7. The maximum Gasteiger partial charge on any atom is 0.163 e. The third-order valence-corrected chi connectivity index (χ3v) is 10.4. The summed E-state index contributed by atoms with van der Waals surface area (Å²) in [6.07, 6.45) is 2.16. The molecule has 0 radical (unpaired) electrons. The fourth-order valence-corrected chi connectivity index (χ4v) is 8.29. The number of hydrogen-bond acceptors (Lipinski definition) is 4. The van der Waals surface area contributed by atoms with E-state index < -0.39 is 11.6 Å². The van der Waals surface area contributed by atoms with E-state index in [1.807, 2.05) is 0 Å². The normalized spacial score (nSPS) is 56.2. The summed E-state index contributed by atoms with van der Waals surface area (Å²) in [5.41, 5.74) is 1.20. The topological polar surface area (TPSA) is 36.9 Å². The van der Waals surface area contributed by atoms with Crippen LogP contribution >= 0.6 is 7.92 Å². The van der Waals surface area contributed by atoms with Gasteiger partial charge in [-0.25, -0.2) is 0 Å². The van der Waals surface area contributed by atoms with E-state index in [1.165, 1.54) is 6.42 Å². The molecule has 1 saturated carbocycles. The van der Waals surface area contributed by atoms with Gasteiger partial charge in [-0.15, -0.1) is 0 Å². The van der Waals surface area contributed by atoms with Crippen molar-refractivity contribution in [3.63, 3.8) is 0 Å². The summed E-state index contributed by atoms with van der Waals surface area (Å²) in [6, 6.07) is 0. The SMILES string of the molecule is CC1[C@@H](C)[C@H]2OC(C)(C)O[C@@H]2[C@@H]1C[C@H]1[C@H]2OC(C)(C)O[C@@H]2[C@H](C)P1C. The van der Waals surface area contributed by atoms with Crippen LogP contribution in [0.2, 0.25) is 0 Å². The quantitative estimate of drug-likeness (QED) is 0.683. The summed E-state index contributed by atoms with van der Waals surface area (Å²) < 4.78 is 25.2. The first-order chi connectivity index (χ1) is 11.5. The first kappa shape index (κ1) is 18.6. The highest BCUT2D eigenvalue weighted by molar-refractivity contribution is 7.58. The van der Waals surface area contributed by atoms with Gasteiger partial charge in [0, 0.05) is 11.3 Å². The zero-order valence-corrected chi connectivity index (χ0v) is 17.9. The zero-order chi connectivity index (χ0) is 18.3. The molecule has 144 valence electrons. The first-order valence-electron chi connectivity index (χ1n) is 9.94. The van der Waals surface area contributed by atoms with E-state index in [9.17, 15) is 0 Å². The largest absolute Gasteiger partial charge is 0.344 e. The molecule has 4 rings (SSSR count). The average Bonchev–Trinajstić information content (AvgIpc) is 3.11. The molecule has 0 N–H and O–H groups in total. The van der Waals surface area contributed by atoms with Crippen molar-refractivity contribution >= 4 is 7.92 Å². The molecule has 0 aromatic rings. The van der Waals surface area contributed by atoms with Gasteiger partial charge in [0.15, 0.2) is 11.6 Å². The summed E-state index contributed by atoms with van der Waals surface area (Å²) in [4.78, 5) is 0. The summed E-state index contributed by atoms with van der Waals surface area (Å²) in [5, 5.41) is 0. The van der Waals surface area contributed by atoms with Gasteiger partial charge in [0.25, 0.3) is 0 Å². The maximum atomic E-state index is 6.37. The fourth-order valence-electron chi connectivity index (χ4n) is 5.72. The van der Waals surface area contributed by atoms with Gasteiger partial charge in [0.05, 0.1) is 24.4 Å². The highest BCUT2D eigenvalue weighted by Gasteiger charge is 2.60. The Bertz CT molecular complexity index is 490. The Morgan fingerprint density at radius 1 is 0.720 bits per heavy atom. The number of fused-ring (bicyclic) bond motifs is 2. The van der Waals surface area contributed by atoms with E-state index in [4.69, 9.17) is 18.9 Å². The van der Waals surface area contributed by atoms with Gasteiger partial charge >= 0.3 is 0 Å². The van der Waals surface area contributed by atoms with Crippen molar-refractivity contribution in [2.24, 2.45) is 17.8 Å². The van der Waals surface area contributed by atoms with E-state index in [1.54, 1.807) is 0 Å². The molecular formula is C20H35O4P. The van der Waals surface area contributed by atoms with E-state index in [0.29, 0.717) is 29.1 Å². The van der Waals surface area contributed by atoms with Crippen LogP contribution < -0.4 is 0 Å². The van der Waals surface area contributed by atoms with E-state index in [0.717, 1.165) is 0 Å². The number of hydrogen-bond donors (Lipinski definition) is 0. The second kappa shape index (κ2) is 5.88. The van der Waals surface area contributed by atoms with Crippen molar-refractivity contribution in [3.8, 4) is 0 Å². The lowest BCUT2D eigenvalue weighted by Crippen LogP contribution is -2.34. The molecule has 4 aliphatic rings. The molecule has 1 aliphatic carbocycles. The second-order valence-electron chi connectivity index (χ2n) is 9.72. The van der Waals surface area contributed by atoms with Crippen LogP contribution in [0.5, 0.6) is 0 Å². The Morgan fingerprint density at radius 3 is 1.88 bits per heavy atom. The molecule has 0 amide bonds. The Balaban J connectivity index is 1.55. The third-order valence-electron chi connectivity index (χ3n) is 7.31. The Labute approximate surface area is 154 Å². The average molecular weight is 370 g/mol. The lowest BCUT2D eigenvalue weighted by Gasteiger charge is -2.32. The third kappa shape index (κ3) is 2.91. The van der Waals surface area contributed by atoms with Crippen LogP contribution in [-0.2, 0) is 18.9 Å². The summed E-state index contributed by atoms with van der Waals surface area (Å²) in [7, 11) is -0.102. The van der Waals surface area contributed by atoms with Crippen molar-refractivity contribution < 1.29 is 18.9 Å². The molecule has 4 fully saturated rings. The second-order valence-corrected chi connectivity index (χ2v) is 12.5. The first-order valence-corrected chi connectivity index (χ1v) is 11.9. The minimum absolute atomic E-state index is 0.102. The van der Waals surface area contributed by atoms with Gasteiger partial charge in [-0.05, 0) is 58.5 Å². The molecule has 25 heavy (non-hydrogen) atoms. The van der Waals surface area contributed by atoms with Crippen molar-refractivity contribution in [2.45, 2.75) is 102 Å². The molecule has 0 bridgehead atoms. The van der Waals surface area contributed by atoms with Crippen LogP contribution in [-0.4, -0.2) is 54.0 Å². The monoisotopic (exact) mass is 370 g/mol. The predicted octanol–water partition coefficient (Wildman–Crippen LogP) is 4.20.